The van der Waals surface area contributed by atoms with Crippen molar-refractivity contribution in [1.29, 1.82) is 0 Å². The lowest BCUT2D eigenvalue weighted by molar-refractivity contribution is -0.160. The smallest absolute Gasteiger partial charge is 0.313 e. The van der Waals surface area contributed by atoms with Crippen LogP contribution in [0.2, 0.25) is 0 Å². The molecule has 0 aromatic carbocycles. The van der Waals surface area contributed by atoms with Gasteiger partial charge in [0, 0.05) is 25.9 Å². The fourth-order valence-electron chi connectivity index (χ4n) is 8.36. The number of carbonyl (C=O) groups is 2. The fraction of sp³-hybridized carbons (Fsp3) is 0.833. The van der Waals surface area contributed by atoms with Gasteiger partial charge in [-0.15, -0.1) is 0 Å². The lowest BCUT2D eigenvalue weighted by Gasteiger charge is -2.58. The van der Waals surface area contributed by atoms with Crippen LogP contribution in [-0.4, -0.2) is 47.2 Å². The van der Waals surface area contributed by atoms with Gasteiger partial charge in [-0.1, -0.05) is 18.6 Å². The summed E-state index contributed by atoms with van der Waals surface area (Å²) in [4.78, 5) is 26.7. The molecule has 5 aliphatic rings. The van der Waals surface area contributed by atoms with Crippen molar-refractivity contribution in [3.05, 3.63) is 11.6 Å². The van der Waals surface area contributed by atoms with E-state index in [2.05, 4.69) is 19.9 Å². The number of esters is 1. The van der Waals surface area contributed by atoms with Gasteiger partial charge < -0.3 is 14.7 Å². The Morgan fingerprint density at radius 2 is 1.90 bits per heavy atom. The lowest BCUT2D eigenvalue weighted by atomic mass is 9.46. The summed E-state index contributed by atoms with van der Waals surface area (Å²) in [6.07, 6.45) is 8.57. The third-order valence-electron chi connectivity index (χ3n) is 9.96. The maximum Gasteiger partial charge on any atom is 0.313 e. The molecule has 5 heteroatoms. The van der Waals surface area contributed by atoms with Crippen LogP contribution < -0.4 is 0 Å². The molecule has 9 atom stereocenters. The zero-order valence-corrected chi connectivity index (χ0v) is 18.2. The van der Waals surface area contributed by atoms with Crippen molar-refractivity contribution >= 4 is 11.9 Å². The number of hydrogen-bond acceptors (Lipinski definition) is 4. The van der Waals surface area contributed by atoms with Gasteiger partial charge in [-0.2, -0.15) is 0 Å². The van der Waals surface area contributed by atoms with E-state index in [1.54, 1.807) is 6.92 Å². The first-order chi connectivity index (χ1) is 13.7. The highest BCUT2D eigenvalue weighted by Gasteiger charge is 2.69. The van der Waals surface area contributed by atoms with E-state index in [0.717, 1.165) is 44.9 Å². The molecule has 1 heterocycles. The highest BCUT2D eigenvalue weighted by atomic mass is 16.6. The first-order valence-corrected chi connectivity index (χ1v) is 11.5. The molecule has 1 saturated heterocycles. The summed E-state index contributed by atoms with van der Waals surface area (Å²) in [5, 5.41) is 11.3. The molecule has 1 aliphatic heterocycles. The molecule has 4 aliphatic carbocycles. The van der Waals surface area contributed by atoms with Crippen molar-refractivity contribution in [3.8, 4) is 0 Å². The Morgan fingerprint density at radius 3 is 2.62 bits per heavy atom. The van der Waals surface area contributed by atoms with Crippen molar-refractivity contribution in [2.75, 3.05) is 7.05 Å². The second kappa shape index (κ2) is 6.32. The molecule has 1 N–H and O–H groups in total. The monoisotopic (exact) mass is 401 g/mol. The average molecular weight is 402 g/mol. The van der Waals surface area contributed by atoms with Crippen LogP contribution in [0.3, 0.4) is 0 Å². The fourth-order valence-corrected chi connectivity index (χ4v) is 8.36. The number of hydrogen-bond donors (Lipinski definition) is 1. The number of amides is 1. The predicted octanol–water partition coefficient (Wildman–Crippen LogP) is 3.31. The summed E-state index contributed by atoms with van der Waals surface area (Å²) >= 11 is 0. The highest BCUT2D eigenvalue weighted by molar-refractivity contribution is 5.81. The van der Waals surface area contributed by atoms with Crippen LogP contribution in [0.5, 0.6) is 0 Å². The van der Waals surface area contributed by atoms with Gasteiger partial charge in [0.1, 0.15) is 6.10 Å². The Labute approximate surface area is 173 Å². The highest BCUT2D eigenvalue weighted by Crippen LogP contribution is 2.68. The van der Waals surface area contributed by atoms with Crippen molar-refractivity contribution in [3.63, 3.8) is 0 Å². The Morgan fingerprint density at radius 1 is 1.17 bits per heavy atom. The Balaban J connectivity index is 1.48. The largest absolute Gasteiger partial charge is 0.462 e. The van der Waals surface area contributed by atoms with E-state index >= 15 is 0 Å². The minimum Gasteiger partial charge on any atom is -0.462 e. The van der Waals surface area contributed by atoms with E-state index in [1.165, 1.54) is 5.57 Å². The molecule has 0 aromatic rings. The van der Waals surface area contributed by atoms with E-state index in [4.69, 9.17) is 4.74 Å². The summed E-state index contributed by atoms with van der Waals surface area (Å²) in [6.45, 7) is 6.06. The maximum atomic E-state index is 13.0. The summed E-state index contributed by atoms with van der Waals surface area (Å²) < 4.78 is 5.72. The molecule has 5 nitrogen and oxygen atoms in total. The maximum absolute atomic E-state index is 13.0. The van der Waals surface area contributed by atoms with Crippen molar-refractivity contribution in [2.45, 2.75) is 84.0 Å². The molecule has 1 amide bonds. The summed E-state index contributed by atoms with van der Waals surface area (Å²) in [6, 6.07) is 0.229. The number of cyclic esters (lactones) is 1. The molecule has 3 saturated carbocycles. The van der Waals surface area contributed by atoms with E-state index in [1.807, 2.05) is 11.9 Å². The second-order valence-electron chi connectivity index (χ2n) is 10.8. The van der Waals surface area contributed by atoms with Crippen LogP contribution in [0, 0.1) is 34.5 Å². The van der Waals surface area contributed by atoms with Gasteiger partial charge in [0.25, 0.3) is 0 Å². The van der Waals surface area contributed by atoms with Crippen LogP contribution in [-0.2, 0) is 14.3 Å². The van der Waals surface area contributed by atoms with Crippen LogP contribution in [0.15, 0.2) is 11.6 Å². The Kier molecular flexibility index (Phi) is 4.27. The zero-order chi connectivity index (χ0) is 20.7. The summed E-state index contributed by atoms with van der Waals surface area (Å²) in [7, 11) is 1.90. The van der Waals surface area contributed by atoms with Gasteiger partial charge >= 0.3 is 5.97 Å². The van der Waals surface area contributed by atoms with E-state index < -0.39 is 6.10 Å². The molecular formula is C24H35NO4. The molecule has 29 heavy (non-hydrogen) atoms. The van der Waals surface area contributed by atoms with Gasteiger partial charge in [0.05, 0.1) is 11.5 Å². The molecule has 0 radical (unpaired) electrons. The standard InChI is InChI=1S/C24H35NO4/c1-13-17-5-6-19-21-18(8-10-24(17,19)22(28)29-13)23(3)9-7-16(25(4)14(2)26)11-15(23)12-20(21)27/h12-13,16-21,27H,5-11H2,1-4H3/t13-,16-,17+,18?,19?,20-,21+,23-,24-/m0/s1. The number of rotatable bonds is 1. The van der Waals surface area contributed by atoms with Crippen molar-refractivity contribution in [2.24, 2.45) is 34.5 Å². The van der Waals surface area contributed by atoms with Gasteiger partial charge in [-0.3, -0.25) is 9.59 Å². The second-order valence-corrected chi connectivity index (χ2v) is 10.8. The first-order valence-electron chi connectivity index (χ1n) is 11.5. The molecule has 160 valence electrons. The van der Waals surface area contributed by atoms with Crippen LogP contribution in [0.25, 0.3) is 0 Å². The molecule has 0 bridgehead atoms. The molecule has 0 aromatic heterocycles. The molecular weight excluding hydrogens is 366 g/mol. The van der Waals surface area contributed by atoms with Gasteiger partial charge in [0.15, 0.2) is 0 Å². The van der Waals surface area contributed by atoms with E-state index in [9.17, 15) is 14.7 Å². The summed E-state index contributed by atoms with van der Waals surface area (Å²) in [5.41, 5.74) is 1.06. The summed E-state index contributed by atoms with van der Waals surface area (Å²) in [5.74, 6) is 1.26. The molecule has 1 spiro atoms. The first kappa shape index (κ1) is 19.6. The van der Waals surface area contributed by atoms with Crippen LogP contribution >= 0.6 is 0 Å². The Hall–Kier alpha value is -1.36. The number of ether oxygens (including phenoxy) is 1. The minimum atomic E-state index is -0.492. The number of aliphatic hydroxyl groups excluding tert-OH is 1. The molecule has 4 fully saturated rings. The van der Waals surface area contributed by atoms with Gasteiger partial charge in [0.2, 0.25) is 5.91 Å². The lowest BCUT2D eigenvalue weighted by Crippen LogP contribution is -2.57. The van der Waals surface area contributed by atoms with Gasteiger partial charge in [-0.25, -0.2) is 0 Å². The van der Waals surface area contributed by atoms with Crippen LogP contribution in [0.4, 0.5) is 0 Å². The topological polar surface area (TPSA) is 66.8 Å². The molecule has 2 unspecified atom stereocenters. The van der Waals surface area contributed by atoms with E-state index in [0.29, 0.717) is 11.8 Å². The van der Waals surface area contributed by atoms with Crippen molar-refractivity contribution in [1.82, 2.24) is 4.90 Å². The number of nitrogens with zero attached hydrogens (tertiary/aromatic N) is 1. The number of carbonyl (C=O) groups excluding carboxylic acids is 2. The zero-order valence-electron chi connectivity index (χ0n) is 18.2. The molecule has 5 rings (SSSR count). The van der Waals surface area contributed by atoms with Crippen LogP contribution in [0.1, 0.15) is 65.7 Å². The normalized spacial score (nSPS) is 50.6. The minimum absolute atomic E-state index is 0.00914. The Bertz CT molecular complexity index is 777. The van der Waals surface area contributed by atoms with Crippen molar-refractivity contribution < 1.29 is 19.4 Å². The van der Waals surface area contributed by atoms with Gasteiger partial charge in [-0.05, 0) is 75.0 Å². The predicted molar refractivity (Wildman–Crippen MR) is 109 cm³/mol. The number of aliphatic hydroxyl groups is 1. The quantitative estimate of drug-likeness (QED) is 0.541. The third-order valence-corrected chi connectivity index (χ3v) is 9.96. The SMILES string of the molecule is CC(=O)N(C)[C@H]1CC[C@@]2(C)C(=C[C@H](O)[C@@H]3C2CC[C@]24C(=O)O[C@@H](C)[C@H]2CCC34)C1. The van der Waals surface area contributed by atoms with E-state index in [-0.39, 0.29) is 46.7 Å². The third kappa shape index (κ3) is 2.43. The average Bonchev–Trinajstić information content (AvgIpc) is 3.18. The number of fused-ring (bicyclic) bond motifs is 4.